The number of unbranched alkanes of at least 4 members (excludes halogenated alkanes) is 47. The highest BCUT2D eigenvalue weighted by Crippen LogP contribution is 2.45. The predicted octanol–water partition coefficient (Wildman–Crippen LogP) is 23.5. The van der Waals surface area contributed by atoms with Crippen LogP contribution in [0.25, 0.3) is 0 Å². The van der Waals surface area contributed by atoms with Gasteiger partial charge in [-0.15, -0.1) is 0 Å². The van der Waals surface area contributed by atoms with Crippen molar-refractivity contribution in [2.45, 2.75) is 432 Å². The number of hydrogen-bond donors (Lipinski definition) is 3. The van der Waals surface area contributed by atoms with Crippen LogP contribution in [-0.2, 0) is 65.4 Å². The van der Waals surface area contributed by atoms with Crippen molar-refractivity contribution < 1.29 is 80.2 Å². The molecule has 0 aromatic carbocycles. The van der Waals surface area contributed by atoms with Gasteiger partial charge in [-0.05, 0) is 37.5 Å². The van der Waals surface area contributed by atoms with Crippen molar-refractivity contribution in [2.24, 2.45) is 11.8 Å². The number of ether oxygens (including phenoxy) is 4. The average molecular weight is 1440 g/mol. The fourth-order valence-electron chi connectivity index (χ4n) is 12.2. The molecule has 0 saturated carbocycles. The van der Waals surface area contributed by atoms with Gasteiger partial charge in [0, 0.05) is 25.7 Å². The smallest absolute Gasteiger partial charge is 0.462 e. The standard InChI is InChI=1S/C79H154O17P2/c1-7-10-12-14-16-18-20-22-24-26-27-28-29-31-33-35-37-39-43-51-57-63-78(83)95-74(67-89-76(81)61-55-49-42-38-36-34-32-30-25-23-21-19-17-15-13-11-8-2)69-93-97(85,86)91-65-73(80)66-92-98(87,88)94-70-75(96-79(84)64-58-52-44-40-41-47-53-59-71(4)5)68-90-77(82)62-56-50-46-45-48-54-60-72(6)9-3/h71-75,80H,7-70H2,1-6H3,(H,85,86)(H,87,88)/t72?,73-,74-,75-/m1/s1. The molecule has 0 aromatic heterocycles. The molecule has 6 atom stereocenters. The number of rotatable bonds is 78. The number of aliphatic hydroxyl groups is 1. The van der Waals surface area contributed by atoms with Crippen LogP contribution in [0.1, 0.15) is 414 Å². The van der Waals surface area contributed by atoms with E-state index in [4.69, 9.17) is 37.0 Å². The molecular weight excluding hydrogens is 1280 g/mol. The molecule has 0 spiro atoms. The lowest BCUT2D eigenvalue weighted by Crippen LogP contribution is -2.30. The normalized spacial score (nSPS) is 14.2. The highest BCUT2D eigenvalue weighted by molar-refractivity contribution is 7.47. The summed E-state index contributed by atoms with van der Waals surface area (Å²) in [5.74, 6) is -0.690. The number of carbonyl (C=O) groups is 4. The quantitative estimate of drug-likeness (QED) is 0.0222. The summed E-state index contributed by atoms with van der Waals surface area (Å²) in [6.07, 6.45) is 60.0. The van der Waals surface area contributed by atoms with Gasteiger partial charge >= 0.3 is 39.5 Å². The minimum atomic E-state index is -4.96. The molecule has 0 saturated heterocycles. The first-order chi connectivity index (χ1) is 47.4. The van der Waals surface area contributed by atoms with Gasteiger partial charge in [-0.2, -0.15) is 0 Å². The van der Waals surface area contributed by atoms with Crippen LogP contribution in [0.4, 0.5) is 0 Å². The van der Waals surface area contributed by atoms with Crippen LogP contribution in [0.5, 0.6) is 0 Å². The van der Waals surface area contributed by atoms with Gasteiger partial charge in [0.15, 0.2) is 12.2 Å². The Labute approximate surface area is 600 Å². The van der Waals surface area contributed by atoms with E-state index in [2.05, 4.69) is 41.5 Å². The summed E-state index contributed by atoms with van der Waals surface area (Å²) < 4.78 is 68.6. The summed E-state index contributed by atoms with van der Waals surface area (Å²) in [5.41, 5.74) is 0. The molecule has 0 amide bonds. The Morgan fingerprint density at radius 2 is 0.520 bits per heavy atom. The summed E-state index contributed by atoms with van der Waals surface area (Å²) in [5, 5.41) is 10.6. The first kappa shape index (κ1) is 96.1. The molecule has 0 rings (SSSR count). The molecule has 0 aliphatic carbocycles. The van der Waals surface area contributed by atoms with E-state index < -0.39 is 97.5 Å². The second-order valence-electron chi connectivity index (χ2n) is 29.2. The second kappa shape index (κ2) is 70.7. The Balaban J connectivity index is 5.20. The molecule has 3 unspecified atom stereocenters. The topological polar surface area (TPSA) is 237 Å². The molecule has 0 aliphatic rings. The van der Waals surface area contributed by atoms with Crippen LogP contribution in [0, 0.1) is 11.8 Å². The van der Waals surface area contributed by atoms with Crippen molar-refractivity contribution in [3.63, 3.8) is 0 Å². The molecule has 3 N–H and O–H groups in total. The van der Waals surface area contributed by atoms with Crippen LogP contribution >= 0.6 is 15.6 Å². The lowest BCUT2D eigenvalue weighted by molar-refractivity contribution is -0.161. The minimum absolute atomic E-state index is 0.103. The zero-order chi connectivity index (χ0) is 72.1. The van der Waals surface area contributed by atoms with Gasteiger partial charge in [0.05, 0.1) is 26.4 Å². The van der Waals surface area contributed by atoms with Crippen LogP contribution < -0.4 is 0 Å². The molecule has 17 nitrogen and oxygen atoms in total. The highest BCUT2D eigenvalue weighted by Gasteiger charge is 2.30. The van der Waals surface area contributed by atoms with Gasteiger partial charge in [0.2, 0.25) is 0 Å². The van der Waals surface area contributed by atoms with E-state index in [1.54, 1.807) is 0 Å². The predicted molar refractivity (Wildman–Crippen MR) is 400 cm³/mol. The van der Waals surface area contributed by atoms with Crippen LogP contribution in [0.2, 0.25) is 0 Å². The number of aliphatic hydroxyl groups excluding tert-OH is 1. The summed E-state index contributed by atoms with van der Waals surface area (Å²) in [4.78, 5) is 72.9. The van der Waals surface area contributed by atoms with Gasteiger partial charge in [-0.3, -0.25) is 37.3 Å². The molecular formula is C79H154O17P2. The number of phosphoric acid groups is 2. The summed E-state index contributed by atoms with van der Waals surface area (Å²) in [6, 6.07) is 0. The van der Waals surface area contributed by atoms with E-state index in [0.717, 1.165) is 102 Å². The maximum absolute atomic E-state index is 13.1. The lowest BCUT2D eigenvalue weighted by atomic mass is 10.00. The highest BCUT2D eigenvalue weighted by atomic mass is 31.2. The molecule has 98 heavy (non-hydrogen) atoms. The molecule has 0 bridgehead atoms. The van der Waals surface area contributed by atoms with E-state index in [1.807, 2.05) is 0 Å². The largest absolute Gasteiger partial charge is 0.472 e. The Morgan fingerprint density at radius 1 is 0.296 bits per heavy atom. The van der Waals surface area contributed by atoms with E-state index in [9.17, 15) is 43.2 Å². The third-order valence-electron chi connectivity index (χ3n) is 18.8. The molecule has 0 fully saturated rings. The third-order valence-corrected chi connectivity index (χ3v) is 20.7. The van der Waals surface area contributed by atoms with Gasteiger partial charge in [-0.1, -0.05) is 363 Å². The Kier molecular flexibility index (Phi) is 69.3. The maximum atomic E-state index is 13.1. The van der Waals surface area contributed by atoms with Crippen molar-refractivity contribution in [1.82, 2.24) is 0 Å². The Bertz CT molecular complexity index is 1890. The zero-order valence-corrected chi connectivity index (χ0v) is 65.9. The number of hydrogen-bond acceptors (Lipinski definition) is 15. The van der Waals surface area contributed by atoms with Gasteiger partial charge in [0.1, 0.15) is 19.3 Å². The zero-order valence-electron chi connectivity index (χ0n) is 64.1. The van der Waals surface area contributed by atoms with Crippen molar-refractivity contribution in [1.29, 1.82) is 0 Å². The van der Waals surface area contributed by atoms with Crippen molar-refractivity contribution in [3.05, 3.63) is 0 Å². The van der Waals surface area contributed by atoms with Crippen molar-refractivity contribution in [2.75, 3.05) is 39.6 Å². The fraction of sp³-hybridized carbons (Fsp3) is 0.949. The van der Waals surface area contributed by atoms with Crippen LogP contribution in [-0.4, -0.2) is 96.7 Å². The van der Waals surface area contributed by atoms with Gasteiger partial charge in [0.25, 0.3) is 0 Å². The summed E-state index contributed by atoms with van der Waals surface area (Å²) in [7, 11) is -9.91. The fourth-order valence-corrected chi connectivity index (χ4v) is 13.7. The van der Waals surface area contributed by atoms with Crippen molar-refractivity contribution in [3.8, 4) is 0 Å². The van der Waals surface area contributed by atoms with Gasteiger partial charge in [-0.25, -0.2) is 9.13 Å². The first-order valence-electron chi connectivity index (χ1n) is 41.0. The Hall–Kier alpha value is -1.94. The maximum Gasteiger partial charge on any atom is 0.472 e. The Morgan fingerprint density at radius 3 is 0.776 bits per heavy atom. The molecule has 582 valence electrons. The first-order valence-corrected chi connectivity index (χ1v) is 44.0. The van der Waals surface area contributed by atoms with Crippen LogP contribution in [0.15, 0.2) is 0 Å². The minimum Gasteiger partial charge on any atom is -0.462 e. The number of esters is 4. The van der Waals surface area contributed by atoms with E-state index in [1.165, 1.54) is 225 Å². The van der Waals surface area contributed by atoms with Gasteiger partial charge < -0.3 is 33.8 Å². The average Bonchev–Trinajstić information content (AvgIpc) is 0.980. The monoisotopic (exact) mass is 1440 g/mol. The van der Waals surface area contributed by atoms with E-state index >= 15 is 0 Å². The number of phosphoric ester groups is 2. The van der Waals surface area contributed by atoms with E-state index in [-0.39, 0.29) is 25.7 Å². The molecule has 0 heterocycles. The molecule has 0 aliphatic heterocycles. The third kappa shape index (κ3) is 71.1. The summed E-state index contributed by atoms with van der Waals surface area (Å²) >= 11 is 0. The summed E-state index contributed by atoms with van der Waals surface area (Å²) in [6.45, 7) is 9.51. The SMILES string of the molecule is CCCCCCCCCCCCCCCCCCCCCCCC(=O)O[C@H](COC(=O)CCCCCCCCCCCCCCCCCCC)COP(=O)(O)OC[C@@H](O)COP(=O)(O)OC[C@@H](COC(=O)CCCCCCCCC(C)CC)OC(=O)CCCCCCCCCC(C)C. The number of carbonyl (C=O) groups excluding carboxylic acids is 4. The molecule has 0 aromatic rings. The molecule has 0 radical (unpaired) electrons. The second-order valence-corrected chi connectivity index (χ2v) is 32.1. The van der Waals surface area contributed by atoms with E-state index in [0.29, 0.717) is 31.6 Å². The van der Waals surface area contributed by atoms with Crippen LogP contribution in [0.3, 0.4) is 0 Å². The van der Waals surface area contributed by atoms with Crippen molar-refractivity contribution >= 4 is 39.5 Å². The molecule has 19 heteroatoms. The lowest BCUT2D eigenvalue weighted by Gasteiger charge is -2.21.